The molecule has 0 saturated carbocycles. The van der Waals surface area contributed by atoms with Crippen LogP contribution in [0.15, 0.2) is 36.4 Å². The van der Waals surface area contributed by atoms with Gasteiger partial charge >= 0.3 is 0 Å². The van der Waals surface area contributed by atoms with E-state index in [4.69, 9.17) is 18.9 Å². The second kappa shape index (κ2) is 8.44. The van der Waals surface area contributed by atoms with Gasteiger partial charge in [-0.25, -0.2) is 0 Å². The third-order valence-electron chi connectivity index (χ3n) is 5.97. The average molecular weight is 411 g/mol. The molecule has 2 aromatic carbocycles. The van der Waals surface area contributed by atoms with E-state index < -0.39 is 0 Å². The van der Waals surface area contributed by atoms with E-state index in [1.54, 1.807) is 0 Å². The monoisotopic (exact) mass is 411 g/mol. The van der Waals surface area contributed by atoms with Gasteiger partial charge in [0.05, 0.1) is 19.8 Å². The SMILES string of the molecule is O=C(C[NH+]1CCC[C@H]1c1ccc2c(c1)OCCCO2)NCc1ccc2c(c1)OCO2. The quantitative estimate of drug-likeness (QED) is 0.783. The van der Waals surface area contributed by atoms with Gasteiger partial charge in [0.2, 0.25) is 6.79 Å². The van der Waals surface area contributed by atoms with Crippen LogP contribution >= 0.6 is 0 Å². The molecule has 5 rings (SSSR count). The Morgan fingerprint density at radius 1 is 0.933 bits per heavy atom. The number of hydrogen-bond acceptors (Lipinski definition) is 5. The molecule has 158 valence electrons. The van der Waals surface area contributed by atoms with Crippen LogP contribution in [-0.2, 0) is 11.3 Å². The summed E-state index contributed by atoms with van der Waals surface area (Å²) in [4.78, 5) is 13.9. The highest BCUT2D eigenvalue weighted by Crippen LogP contribution is 2.34. The van der Waals surface area contributed by atoms with Crippen molar-refractivity contribution in [3.63, 3.8) is 0 Å². The Labute approximate surface area is 175 Å². The van der Waals surface area contributed by atoms with E-state index in [2.05, 4.69) is 17.4 Å². The summed E-state index contributed by atoms with van der Waals surface area (Å²) in [6.45, 7) is 3.57. The number of fused-ring (bicyclic) bond motifs is 2. The molecule has 3 aliphatic heterocycles. The van der Waals surface area contributed by atoms with Crippen LogP contribution in [0.4, 0.5) is 0 Å². The van der Waals surface area contributed by atoms with Crippen LogP contribution in [-0.4, -0.2) is 39.0 Å². The van der Waals surface area contributed by atoms with Crippen molar-refractivity contribution < 1.29 is 28.6 Å². The fourth-order valence-corrected chi connectivity index (χ4v) is 4.44. The molecule has 1 fully saturated rings. The number of hydrogen-bond donors (Lipinski definition) is 2. The van der Waals surface area contributed by atoms with Gasteiger partial charge in [0, 0.05) is 31.4 Å². The lowest BCUT2D eigenvalue weighted by molar-refractivity contribution is -0.910. The summed E-state index contributed by atoms with van der Waals surface area (Å²) in [6.07, 6.45) is 3.09. The highest BCUT2D eigenvalue weighted by Gasteiger charge is 2.32. The highest BCUT2D eigenvalue weighted by atomic mass is 16.7. The first-order chi connectivity index (χ1) is 14.8. The number of benzene rings is 2. The minimum atomic E-state index is 0.0592. The van der Waals surface area contributed by atoms with E-state index in [9.17, 15) is 4.79 Å². The third-order valence-corrected chi connectivity index (χ3v) is 5.97. The van der Waals surface area contributed by atoms with Crippen LogP contribution in [0, 0.1) is 0 Å². The first kappa shape index (κ1) is 19.1. The summed E-state index contributed by atoms with van der Waals surface area (Å²) in [6, 6.07) is 12.3. The first-order valence-electron chi connectivity index (χ1n) is 10.7. The molecule has 0 radical (unpaired) electrons. The normalized spacial score (nSPS) is 21.9. The predicted molar refractivity (Wildman–Crippen MR) is 109 cm³/mol. The molecule has 7 heteroatoms. The lowest BCUT2D eigenvalue weighted by atomic mass is 10.0. The molecule has 30 heavy (non-hydrogen) atoms. The number of nitrogens with one attached hydrogen (secondary N) is 2. The molecule has 2 aromatic rings. The molecule has 0 aliphatic carbocycles. The molecule has 3 aliphatic rings. The number of ether oxygens (including phenoxy) is 4. The predicted octanol–water partition coefficient (Wildman–Crippen LogP) is 1.61. The zero-order valence-corrected chi connectivity index (χ0v) is 16.9. The Hall–Kier alpha value is -2.93. The van der Waals surface area contributed by atoms with Crippen molar-refractivity contribution in [2.45, 2.75) is 31.8 Å². The average Bonchev–Trinajstić information content (AvgIpc) is 3.35. The van der Waals surface area contributed by atoms with Gasteiger partial charge in [0.1, 0.15) is 6.04 Å². The van der Waals surface area contributed by atoms with Crippen LogP contribution in [0.1, 0.15) is 36.4 Å². The Morgan fingerprint density at radius 2 is 1.70 bits per heavy atom. The van der Waals surface area contributed by atoms with E-state index in [0.717, 1.165) is 54.4 Å². The molecule has 0 aromatic heterocycles. The van der Waals surface area contributed by atoms with Gasteiger partial charge < -0.3 is 29.2 Å². The van der Waals surface area contributed by atoms with Crippen molar-refractivity contribution in [2.75, 3.05) is 33.1 Å². The molecule has 3 heterocycles. The minimum Gasteiger partial charge on any atom is -0.490 e. The number of carbonyl (C=O) groups excluding carboxylic acids is 1. The van der Waals surface area contributed by atoms with Crippen molar-refractivity contribution in [1.29, 1.82) is 0 Å². The molecule has 1 saturated heterocycles. The molecule has 7 nitrogen and oxygen atoms in total. The van der Waals surface area contributed by atoms with Gasteiger partial charge in [-0.3, -0.25) is 4.79 Å². The molecule has 2 N–H and O–H groups in total. The molecule has 2 atom stereocenters. The smallest absolute Gasteiger partial charge is 0.275 e. The summed E-state index contributed by atoms with van der Waals surface area (Å²) in [5.74, 6) is 3.19. The van der Waals surface area contributed by atoms with Crippen LogP contribution in [0.25, 0.3) is 0 Å². The second-order valence-corrected chi connectivity index (χ2v) is 8.00. The Kier molecular flexibility index (Phi) is 5.36. The summed E-state index contributed by atoms with van der Waals surface area (Å²) in [5, 5.41) is 3.05. The van der Waals surface area contributed by atoms with Gasteiger partial charge in [-0.2, -0.15) is 0 Å². The summed E-state index contributed by atoms with van der Waals surface area (Å²) >= 11 is 0. The summed E-state index contributed by atoms with van der Waals surface area (Å²) in [7, 11) is 0. The highest BCUT2D eigenvalue weighted by molar-refractivity contribution is 5.76. The van der Waals surface area contributed by atoms with Crippen LogP contribution in [0.2, 0.25) is 0 Å². The molecular weight excluding hydrogens is 384 g/mol. The van der Waals surface area contributed by atoms with Gasteiger partial charge in [-0.1, -0.05) is 6.07 Å². The molecule has 1 amide bonds. The lowest BCUT2D eigenvalue weighted by Crippen LogP contribution is -3.11. The third kappa shape index (κ3) is 4.03. The maximum Gasteiger partial charge on any atom is 0.275 e. The van der Waals surface area contributed by atoms with E-state index in [1.165, 1.54) is 10.5 Å². The number of rotatable bonds is 5. The van der Waals surface area contributed by atoms with Crippen LogP contribution < -0.4 is 29.2 Å². The number of carbonyl (C=O) groups is 1. The van der Waals surface area contributed by atoms with Gasteiger partial charge in [-0.05, 0) is 35.9 Å². The Bertz CT molecular complexity index is 932. The second-order valence-electron chi connectivity index (χ2n) is 8.00. The zero-order chi connectivity index (χ0) is 20.3. The van der Waals surface area contributed by atoms with E-state index in [1.807, 2.05) is 24.3 Å². The van der Waals surface area contributed by atoms with E-state index in [0.29, 0.717) is 32.3 Å². The fraction of sp³-hybridized carbons (Fsp3) is 0.435. The van der Waals surface area contributed by atoms with Crippen LogP contribution in [0.5, 0.6) is 23.0 Å². The largest absolute Gasteiger partial charge is 0.490 e. The first-order valence-corrected chi connectivity index (χ1v) is 10.7. The number of amides is 1. The van der Waals surface area contributed by atoms with Crippen molar-refractivity contribution in [1.82, 2.24) is 5.32 Å². The zero-order valence-electron chi connectivity index (χ0n) is 16.9. The lowest BCUT2D eigenvalue weighted by Gasteiger charge is -2.22. The van der Waals surface area contributed by atoms with Crippen molar-refractivity contribution in [3.8, 4) is 23.0 Å². The topological polar surface area (TPSA) is 70.5 Å². The maximum absolute atomic E-state index is 12.6. The molecule has 1 unspecified atom stereocenters. The molecular formula is C23H27N2O5+. The van der Waals surface area contributed by atoms with Crippen LogP contribution in [0.3, 0.4) is 0 Å². The Balaban J connectivity index is 1.20. The molecule has 0 spiro atoms. The minimum absolute atomic E-state index is 0.0592. The van der Waals surface area contributed by atoms with Crippen molar-refractivity contribution in [3.05, 3.63) is 47.5 Å². The van der Waals surface area contributed by atoms with Gasteiger partial charge in [-0.15, -0.1) is 0 Å². The number of likely N-dealkylation sites (tertiary alicyclic amines) is 1. The maximum atomic E-state index is 12.6. The Morgan fingerprint density at radius 3 is 2.63 bits per heavy atom. The fourth-order valence-electron chi connectivity index (χ4n) is 4.44. The van der Waals surface area contributed by atoms with E-state index >= 15 is 0 Å². The summed E-state index contributed by atoms with van der Waals surface area (Å²) < 4.78 is 22.3. The van der Waals surface area contributed by atoms with E-state index in [-0.39, 0.29) is 12.7 Å². The standard InChI is InChI=1S/C23H26N2O5/c26-23(24-13-16-4-6-20-21(11-16)30-15-29-20)14-25-8-1-3-18(25)17-5-7-19-22(12-17)28-10-2-9-27-19/h4-7,11-12,18H,1-3,8-10,13-15H2,(H,24,26)/p+1/t18-/m0/s1. The van der Waals surface area contributed by atoms with Gasteiger partial charge in [0.15, 0.2) is 29.5 Å². The number of quaternary nitrogens is 1. The van der Waals surface area contributed by atoms with Crippen molar-refractivity contribution in [2.24, 2.45) is 0 Å². The van der Waals surface area contributed by atoms with Gasteiger partial charge in [0.25, 0.3) is 5.91 Å². The molecule has 0 bridgehead atoms. The van der Waals surface area contributed by atoms with Crippen molar-refractivity contribution >= 4 is 5.91 Å². The summed E-state index contributed by atoms with van der Waals surface area (Å²) in [5.41, 5.74) is 2.22.